The first-order chi connectivity index (χ1) is 13.5. The van der Waals surface area contributed by atoms with Crippen LogP contribution in [0.4, 0.5) is 0 Å². The highest BCUT2D eigenvalue weighted by atomic mass is 35.5. The van der Waals surface area contributed by atoms with Crippen molar-refractivity contribution >= 4 is 29.6 Å². The minimum Gasteiger partial charge on any atom is -0.486 e. The monoisotopic (exact) mass is 401 g/mol. The lowest BCUT2D eigenvalue weighted by Gasteiger charge is -2.19. The lowest BCUT2D eigenvalue weighted by Crippen LogP contribution is -2.28. The highest BCUT2D eigenvalue weighted by Gasteiger charge is 2.16. The predicted octanol–water partition coefficient (Wildman–Crippen LogP) is 3.29. The summed E-state index contributed by atoms with van der Waals surface area (Å²) in [5, 5.41) is 3.13. The molecule has 0 saturated heterocycles. The first kappa shape index (κ1) is 19.8. The molecule has 0 atom stereocenters. The molecule has 0 aromatic heterocycles. The van der Waals surface area contributed by atoms with Gasteiger partial charge in [0.15, 0.2) is 18.1 Å². The van der Waals surface area contributed by atoms with Gasteiger partial charge in [-0.1, -0.05) is 35.9 Å². The van der Waals surface area contributed by atoms with Crippen LogP contribution in [0.5, 0.6) is 11.5 Å². The topological polar surface area (TPSA) is 73.9 Å². The van der Waals surface area contributed by atoms with E-state index in [4.69, 9.17) is 25.8 Å². The fourth-order valence-electron chi connectivity index (χ4n) is 2.63. The van der Waals surface area contributed by atoms with E-state index in [9.17, 15) is 9.59 Å². The fourth-order valence-corrected chi connectivity index (χ4v) is 2.90. The van der Waals surface area contributed by atoms with Crippen molar-refractivity contribution in [1.29, 1.82) is 0 Å². The van der Waals surface area contributed by atoms with Gasteiger partial charge in [0.05, 0.1) is 5.02 Å². The smallest absolute Gasteiger partial charge is 0.331 e. The van der Waals surface area contributed by atoms with Crippen LogP contribution >= 0.6 is 11.6 Å². The van der Waals surface area contributed by atoms with Crippen molar-refractivity contribution in [2.45, 2.75) is 13.5 Å². The number of esters is 1. The van der Waals surface area contributed by atoms with Crippen molar-refractivity contribution in [3.05, 3.63) is 64.2 Å². The molecule has 3 rings (SSSR count). The third-order valence-corrected chi connectivity index (χ3v) is 4.39. The molecule has 1 aliphatic heterocycles. The first-order valence-corrected chi connectivity index (χ1v) is 9.16. The molecule has 0 fully saturated rings. The van der Waals surface area contributed by atoms with Crippen LogP contribution in [-0.2, 0) is 20.9 Å². The van der Waals surface area contributed by atoms with E-state index in [1.165, 1.54) is 12.2 Å². The van der Waals surface area contributed by atoms with Gasteiger partial charge in [-0.25, -0.2) is 4.79 Å². The third kappa shape index (κ3) is 5.27. The Morgan fingerprint density at radius 1 is 1.21 bits per heavy atom. The molecule has 7 heteroatoms. The summed E-state index contributed by atoms with van der Waals surface area (Å²) in [6.45, 7) is 2.89. The van der Waals surface area contributed by atoms with Gasteiger partial charge in [-0.05, 0) is 41.8 Å². The predicted molar refractivity (Wildman–Crippen MR) is 105 cm³/mol. The van der Waals surface area contributed by atoms with Gasteiger partial charge in [0.1, 0.15) is 13.2 Å². The first-order valence-electron chi connectivity index (χ1n) is 8.78. The minimum absolute atomic E-state index is 0.350. The standard InChI is InChI=1S/C21H20ClNO5/c1-14-4-2-3-5-16(14)12-23-19(24)13-28-20(25)7-6-15-10-17(22)21-18(11-15)26-8-9-27-21/h2-7,10-11H,8-9,12-13H2,1H3,(H,23,24)/b7-6+. The van der Waals surface area contributed by atoms with Crippen LogP contribution in [0.25, 0.3) is 6.08 Å². The Kier molecular flexibility index (Phi) is 6.55. The van der Waals surface area contributed by atoms with Crippen LogP contribution in [0.2, 0.25) is 5.02 Å². The van der Waals surface area contributed by atoms with Crippen LogP contribution in [-0.4, -0.2) is 31.7 Å². The molecule has 146 valence electrons. The van der Waals surface area contributed by atoms with Gasteiger partial charge in [0.25, 0.3) is 5.91 Å². The molecule has 0 aliphatic carbocycles. The second-order valence-electron chi connectivity index (χ2n) is 6.17. The van der Waals surface area contributed by atoms with Crippen molar-refractivity contribution in [3.8, 4) is 11.5 Å². The van der Waals surface area contributed by atoms with Crippen molar-refractivity contribution in [2.24, 2.45) is 0 Å². The number of nitrogens with one attached hydrogen (secondary N) is 1. The summed E-state index contributed by atoms with van der Waals surface area (Å²) in [5.41, 5.74) is 2.76. The van der Waals surface area contributed by atoms with Gasteiger partial charge in [-0.15, -0.1) is 0 Å². The fraction of sp³-hybridized carbons (Fsp3) is 0.238. The summed E-state index contributed by atoms with van der Waals surface area (Å²) in [5.74, 6) is 0.0322. The largest absolute Gasteiger partial charge is 0.486 e. The quantitative estimate of drug-likeness (QED) is 0.594. The Morgan fingerprint density at radius 3 is 2.82 bits per heavy atom. The number of rotatable bonds is 6. The van der Waals surface area contributed by atoms with Crippen molar-refractivity contribution in [1.82, 2.24) is 5.32 Å². The average Bonchev–Trinajstić information content (AvgIpc) is 2.70. The molecule has 2 aromatic rings. The lowest BCUT2D eigenvalue weighted by molar-refractivity contribution is -0.143. The Hall–Kier alpha value is -2.99. The highest BCUT2D eigenvalue weighted by Crippen LogP contribution is 2.38. The van der Waals surface area contributed by atoms with E-state index in [1.807, 2.05) is 31.2 Å². The molecule has 1 N–H and O–H groups in total. The Labute approximate surface area is 168 Å². The molecular formula is C21H20ClNO5. The summed E-state index contributed by atoms with van der Waals surface area (Å²) < 4.78 is 15.9. The molecule has 0 spiro atoms. The van der Waals surface area contributed by atoms with Crippen molar-refractivity contribution in [3.63, 3.8) is 0 Å². The van der Waals surface area contributed by atoms with E-state index in [0.29, 0.717) is 41.8 Å². The molecule has 6 nitrogen and oxygen atoms in total. The maximum Gasteiger partial charge on any atom is 0.331 e. The number of aryl methyl sites for hydroxylation is 1. The summed E-state index contributed by atoms with van der Waals surface area (Å²) in [4.78, 5) is 23.7. The van der Waals surface area contributed by atoms with E-state index >= 15 is 0 Å². The van der Waals surface area contributed by atoms with Crippen LogP contribution in [0.15, 0.2) is 42.5 Å². The van der Waals surface area contributed by atoms with Gasteiger partial charge in [0, 0.05) is 12.6 Å². The van der Waals surface area contributed by atoms with E-state index in [-0.39, 0.29) is 12.5 Å². The van der Waals surface area contributed by atoms with Crippen LogP contribution in [0, 0.1) is 6.92 Å². The molecule has 1 aliphatic rings. The van der Waals surface area contributed by atoms with Crippen LogP contribution in [0.3, 0.4) is 0 Å². The van der Waals surface area contributed by atoms with Gasteiger partial charge >= 0.3 is 5.97 Å². The summed E-state index contributed by atoms with van der Waals surface area (Å²) in [6, 6.07) is 11.1. The van der Waals surface area contributed by atoms with Gasteiger partial charge in [-0.2, -0.15) is 0 Å². The highest BCUT2D eigenvalue weighted by molar-refractivity contribution is 6.32. The summed E-state index contributed by atoms with van der Waals surface area (Å²) in [6.07, 6.45) is 2.77. The number of benzene rings is 2. The zero-order chi connectivity index (χ0) is 19.9. The number of fused-ring (bicyclic) bond motifs is 1. The normalized spacial score (nSPS) is 12.6. The lowest BCUT2D eigenvalue weighted by atomic mass is 10.1. The number of ether oxygens (including phenoxy) is 3. The molecule has 0 unspecified atom stereocenters. The van der Waals surface area contributed by atoms with Crippen molar-refractivity contribution < 1.29 is 23.8 Å². The molecule has 0 saturated carbocycles. The number of carbonyl (C=O) groups is 2. The molecular weight excluding hydrogens is 382 g/mol. The summed E-state index contributed by atoms with van der Waals surface area (Å²) in [7, 11) is 0. The minimum atomic E-state index is -0.628. The SMILES string of the molecule is Cc1ccccc1CNC(=O)COC(=O)/C=C/c1cc(Cl)c2c(c1)OCCO2. The number of hydrogen-bond acceptors (Lipinski definition) is 5. The molecule has 28 heavy (non-hydrogen) atoms. The van der Waals surface area contributed by atoms with E-state index < -0.39 is 5.97 Å². The van der Waals surface area contributed by atoms with Gasteiger partial charge < -0.3 is 19.5 Å². The zero-order valence-corrected chi connectivity index (χ0v) is 16.1. The molecule has 2 aromatic carbocycles. The summed E-state index contributed by atoms with van der Waals surface area (Å²) >= 11 is 6.15. The van der Waals surface area contributed by atoms with Gasteiger partial charge in [0.2, 0.25) is 0 Å². The number of hydrogen-bond donors (Lipinski definition) is 1. The van der Waals surface area contributed by atoms with Crippen LogP contribution < -0.4 is 14.8 Å². The van der Waals surface area contributed by atoms with E-state index in [0.717, 1.165) is 11.1 Å². The average molecular weight is 402 g/mol. The second-order valence-corrected chi connectivity index (χ2v) is 6.58. The molecule has 0 radical (unpaired) electrons. The van der Waals surface area contributed by atoms with E-state index in [1.54, 1.807) is 12.1 Å². The van der Waals surface area contributed by atoms with Crippen molar-refractivity contribution in [2.75, 3.05) is 19.8 Å². The van der Waals surface area contributed by atoms with Crippen LogP contribution in [0.1, 0.15) is 16.7 Å². The zero-order valence-electron chi connectivity index (χ0n) is 15.4. The maximum atomic E-state index is 11.9. The number of carbonyl (C=O) groups excluding carboxylic acids is 2. The number of amides is 1. The Balaban J connectivity index is 1.48. The molecule has 1 heterocycles. The molecule has 1 amide bonds. The molecule has 0 bridgehead atoms. The Morgan fingerprint density at radius 2 is 2.00 bits per heavy atom. The number of halogens is 1. The Bertz CT molecular complexity index is 910. The van der Waals surface area contributed by atoms with Gasteiger partial charge in [-0.3, -0.25) is 4.79 Å². The van der Waals surface area contributed by atoms with E-state index in [2.05, 4.69) is 5.32 Å². The second kappa shape index (κ2) is 9.28. The maximum absolute atomic E-state index is 11.9. The third-order valence-electron chi connectivity index (χ3n) is 4.11.